The van der Waals surface area contributed by atoms with Gasteiger partial charge in [-0.3, -0.25) is 4.79 Å². The molecular weight excluding hydrogens is 330 g/mol. The highest BCUT2D eigenvalue weighted by Gasteiger charge is 2.30. The summed E-state index contributed by atoms with van der Waals surface area (Å²) in [6, 6.07) is 1.80. The number of hydrogen-bond acceptors (Lipinski definition) is 4. The van der Waals surface area contributed by atoms with Crippen LogP contribution in [0, 0.1) is 13.8 Å². The van der Waals surface area contributed by atoms with Gasteiger partial charge in [-0.25, -0.2) is 0 Å². The Kier molecular flexibility index (Phi) is 5.13. The molecule has 0 aliphatic carbocycles. The Morgan fingerprint density at radius 3 is 2.96 bits per heavy atom. The van der Waals surface area contributed by atoms with Crippen molar-refractivity contribution in [2.24, 2.45) is 0 Å². The molecule has 1 fully saturated rings. The van der Waals surface area contributed by atoms with Gasteiger partial charge in [0.25, 0.3) is 0 Å². The summed E-state index contributed by atoms with van der Waals surface area (Å²) < 4.78 is 16.6. The fourth-order valence-electron chi connectivity index (χ4n) is 3.22. The number of nitrogens with one attached hydrogen (secondary N) is 1. The van der Waals surface area contributed by atoms with Crippen LogP contribution in [0.15, 0.2) is 16.7 Å². The van der Waals surface area contributed by atoms with Crippen molar-refractivity contribution in [2.45, 2.75) is 39.3 Å². The summed E-state index contributed by atoms with van der Waals surface area (Å²) in [4.78, 5) is 12.4. The Hall–Kier alpha value is -1.56. The minimum Gasteiger partial charge on any atom is -0.464 e. The number of halogens is 1. The van der Waals surface area contributed by atoms with Crippen LogP contribution in [0.2, 0.25) is 5.02 Å². The maximum absolute atomic E-state index is 12.4. The standard InChI is InChI=1S/C18H22ClNO4/c1-4-23-15-9-22-8-13(15)20-16(21)6-12-7-24-14-5-10(2)18(19)11(3)17(12)14/h5,7,13,15H,4,6,8-9H2,1-3H3,(H,20,21). The van der Waals surface area contributed by atoms with Crippen molar-refractivity contribution >= 4 is 28.5 Å². The number of amides is 1. The number of ether oxygens (including phenoxy) is 2. The molecule has 2 aromatic rings. The van der Waals surface area contributed by atoms with E-state index in [0.29, 0.717) is 24.8 Å². The summed E-state index contributed by atoms with van der Waals surface area (Å²) in [5.41, 5.74) is 3.51. The summed E-state index contributed by atoms with van der Waals surface area (Å²) in [6.07, 6.45) is 1.79. The van der Waals surface area contributed by atoms with Gasteiger partial charge in [0.1, 0.15) is 11.7 Å². The molecular formula is C18H22ClNO4. The molecule has 5 nitrogen and oxygen atoms in total. The van der Waals surface area contributed by atoms with Crippen molar-refractivity contribution in [1.29, 1.82) is 0 Å². The van der Waals surface area contributed by atoms with Gasteiger partial charge in [0.2, 0.25) is 5.91 Å². The van der Waals surface area contributed by atoms with E-state index in [1.54, 1.807) is 6.26 Å². The Morgan fingerprint density at radius 2 is 2.21 bits per heavy atom. The van der Waals surface area contributed by atoms with Crippen LogP contribution < -0.4 is 5.32 Å². The Bertz CT molecular complexity index is 755. The molecule has 1 aromatic heterocycles. The second-order valence-electron chi connectivity index (χ2n) is 6.15. The van der Waals surface area contributed by atoms with Crippen LogP contribution in [0.3, 0.4) is 0 Å². The Balaban J connectivity index is 1.75. The highest BCUT2D eigenvalue weighted by Crippen LogP contribution is 2.32. The molecule has 1 amide bonds. The quantitative estimate of drug-likeness (QED) is 0.898. The monoisotopic (exact) mass is 351 g/mol. The van der Waals surface area contributed by atoms with Gasteiger partial charge >= 0.3 is 0 Å². The van der Waals surface area contributed by atoms with E-state index in [1.165, 1.54) is 0 Å². The fraction of sp³-hybridized carbons (Fsp3) is 0.500. The van der Waals surface area contributed by atoms with Gasteiger partial charge in [-0.1, -0.05) is 11.6 Å². The molecule has 2 atom stereocenters. The highest BCUT2D eigenvalue weighted by molar-refractivity contribution is 6.33. The topological polar surface area (TPSA) is 60.7 Å². The lowest BCUT2D eigenvalue weighted by molar-refractivity contribution is -0.121. The largest absolute Gasteiger partial charge is 0.464 e. The molecule has 0 bridgehead atoms. The van der Waals surface area contributed by atoms with Crippen LogP contribution >= 0.6 is 11.6 Å². The molecule has 3 rings (SSSR count). The van der Waals surface area contributed by atoms with Crippen LogP contribution in [0.1, 0.15) is 23.6 Å². The summed E-state index contributed by atoms with van der Waals surface area (Å²) in [7, 11) is 0. The maximum Gasteiger partial charge on any atom is 0.224 e. The predicted molar refractivity (Wildman–Crippen MR) is 92.6 cm³/mol. The highest BCUT2D eigenvalue weighted by atomic mass is 35.5. The second kappa shape index (κ2) is 7.13. The minimum absolute atomic E-state index is 0.0750. The minimum atomic E-state index is -0.109. The predicted octanol–water partition coefficient (Wildman–Crippen LogP) is 3.17. The van der Waals surface area contributed by atoms with Crippen molar-refractivity contribution in [3.05, 3.63) is 34.0 Å². The van der Waals surface area contributed by atoms with E-state index in [9.17, 15) is 4.79 Å². The lowest BCUT2D eigenvalue weighted by Gasteiger charge is -2.18. The number of rotatable bonds is 5. The molecule has 0 saturated carbocycles. The molecule has 1 N–H and O–H groups in total. The van der Waals surface area contributed by atoms with Crippen LogP contribution in [-0.4, -0.2) is 37.9 Å². The zero-order chi connectivity index (χ0) is 17.3. The van der Waals surface area contributed by atoms with Gasteiger partial charge in [0, 0.05) is 22.6 Å². The van der Waals surface area contributed by atoms with E-state index in [-0.39, 0.29) is 24.5 Å². The van der Waals surface area contributed by atoms with Gasteiger partial charge in [-0.15, -0.1) is 0 Å². The molecule has 2 unspecified atom stereocenters. The number of aryl methyl sites for hydroxylation is 2. The van der Waals surface area contributed by atoms with Gasteiger partial charge in [-0.2, -0.15) is 0 Å². The molecule has 1 saturated heterocycles. The van der Waals surface area contributed by atoms with Crippen molar-refractivity contribution < 1.29 is 18.7 Å². The Labute approximate surface area is 146 Å². The number of furan rings is 1. The fourth-order valence-corrected chi connectivity index (χ4v) is 3.37. The average molecular weight is 352 g/mol. The summed E-state index contributed by atoms with van der Waals surface area (Å²) >= 11 is 6.34. The van der Waals surface area contributed by atoms with Gasteiger partial charge in [0.05, 0.1) is 31.9 Å². The zero-order valence-electron chi connectivity index (χ0n) is 14.1. The van der Waals surface area contributed by atoms with Crippen molar-refractivity contribution in [2.75, 3.05) is 19.8 Å². The zero-order valence-corrected chi connectivity index (χ0v) is 14.9. The summed E-state index contributed by atoms with van der Waals surface area (Å²) in [5.74, 6) is -0.0750. The first-order valence-corrected chi connectivity index (χ1v) is 8.53. The van der Waals surface area contributed by atoms with E-state index in [2.05, 4.69) is 5.32 Å². The van der Waals surface area contributed by atoms with Crippen LogP contribution in [0.25, 0.3) is 11.0 Å². The average Bonchev–Trinajstić information content (AvgIpc) is 3.13. The van der Waals surface area contributed by atoms with E-state index in [4.69, 9.17) is 25.5 Å². The molecule has 1 aliphatic rings. The Morgan fingerprint density at radius 1 is 1.42 bits per heavy atom. The van der Waals surface area contributed by atoms with E-state index >= 15 is 0 Å². The van der Waals surface area contributed by atoms with Gasteiger partial charge in [0.15, 0.2) is 0 Å². The molecule has 6 heteroatoms. The van der Waals surface area contributed by atoms with E-state index < -0.39 is 0 Å². The van der Waals surface area contributed by atoms with E-state index in [0.717, 1.165) is 27.7 Å². The maximum atomic E-state index is 12.4. The second-order valence-corrected chi connectivity index (χ2v) is 6.53. The molecule has 0 radical (unpaired) electrons. The lowest BCUT2D eigenvalue weighted by Crippen LogP contribution is -2.44. The molecule has 1 aromatic carbocycles. The molecule has 2 heterocycles. The van der Waals surface area contributed by atoms with Crippen molar-refractivity contribution in [1.82, 2.24) is 5.32 Å². The van der Waals surface area contributed by atoms with E-state index in [1.807, 2.05) is 26.8 Å². The number of carbonyl (C=O) groups is 1. The number of fused-ring (bicyclic) bond motifs is 1. The van der Waals surface area contributed by atoms with Gasteiger partial charge in [-0.05, 0) is 38.0 Å². The molecule has 130 valence electrons. The van der Waals surface area contributed by atoms with Crippen molar-refractivity contribution in [3.8, 4) is 0 Å². The first-order chi connectivity index (χ1) is 11.5. The number of carbonyl (C=O) groups excluding carboxylic acids is 1. The molecule has 24 heavy (non-hydrogen) atoms. The number of benzene rings is 1. The third kappa shape index (κ3) is 3.29. The van der Waals surface area contributed by atoms with Gasteiger partial charge < -0.3 is 19.2 Å². The van der Waals surface area contributed by atoms with Crippen LogP contribution in [-0.2, 0) is 20.7 Å². The van der Waals surface area contributed by atoms with Crippen molar-refractivity contribution in [3.63, 3.8) is 0 Å². The normalized spacial score (nSPS) is 20.7. The van der Waals surface area contributed by atoms with Crippen LogP contribution in [0.4, 0.5) is 0 Å². The van der Waals surface area contributed by atoms with Crippen LogP contribution in [0.5, 0.6) is 0 Å². The number of hydrogen-bond donors (Lipinski definition) is 1. The first-order valence-electron chi connectivity index (χ1n) is 8.15. The smallest absolute Gasteiger partial charge is 0.224 e. The molecule has 0 spiro atoms. The molecule has 1 aliphatic heterocycles. The first kappa shape index (κ1) is 17.3. The lowest BCUT2D eigenvalue weighted by atomic mass is 10.0. The summed E-state index contributed by atoms with van der Waals surface area (Å²) in [5, 5.41) is 4.63. The third-order valence-corrected chi connectivity index (χ3v) is 4.98. The third-order valence-electron chi connectivity index (χ3n) is 4.40. The summed E-state index contributed by atoms with van der Waals surface area (Å²) in [6.45, 7) is 7.42. The SMILES string of the molecule is CCOC1COCC1NC(=O)Cc1coc2cc(C)c(Cl)c(C)c12.